The van der Waals surface area contributed by atoms with Crippen LogP contribution in [0.1, 0.15) is 126 Å². The van der Waals surface area contributed by atoms with Gasteiger partial charge in [-0.25, -0.2) is 0 Å². The topological polar surface area (TPSA) is 12.5 Å². The molecule has 0 spiro atoms. The molecule has 1 aliphatic rings. The van der Waals surface area contributed by atoms with Gasteiger partial charge in [-0.15, -0.1) is 0 Å². The molecule has 0 N–H and O–H groups in total. The number of ether oxygens (including phenoxy) is 1. The molecule has 0 aromatic heterocycles. The number of epoxide rings is 1. The lowest BCUT2D eigenvalue weighted by Crippen LogP contribution is -2.02. The Hall–Kier alpha value is -1.08. The van der Waals surface area contributed by atoms with E-state index in [4.69, 9.17) is 4.74 Å². The van der Waals surface area contributed by atoms with Gasteiger partial charge in [0.1, 0.15) is 0 Å². The van der Waals surface area contributed by atoms with Crippen LogP contribution < -0.4 is 0 Å². The second kappa shape index (κ2) is 14.9. The molecule has 1 heterocycles. The van der Waals surface area contributed by atoms with Gasteiger partial charge in [-0.1, -0.05) is 66.9 Å². The van der Waals surface area contributed by atoms with E-state index in [0.717, 1.165) is 5.92 Å². The van der Waals surface area contributed by atoms with Crippen molar-refractivity contribution in [1.82, 2.24) is 0 Å². The average molecular weight is 429 g/mol. The van der Waals surface area contributed by atoms with E-state index in [1.165, 1.54) is 81.8 Å². The van der Waals surface area contributed by atoms with E-state index in [9.17, 15) is 0 Å². The largest absolute Gasteiger partial charge is 0.367 e. The van der Waals surface area contributed by atoms with Crippen LogP contribution in [0, 0.1) is 5.92 Å². The molecule has 0 aromatic carbocycles. The Morgan fingerprint density at radius 3 is 1.58 bits per heavy atom. The monoisotopic (exact) mass is 428 g/mol. The van der Waals surface area contributed by atoms with E-state index in [2.05, 4.69) is 79.7 Å². The highest BCUT2D eigenvalue weighted by atomic mass is 16.6. The first-order valence-corrected chi connectivity index (χ1v) is 12.9. The van der Waals surface area contributed by atoms with E-state index in [-0.39, 0.29) is 5.60 Å². The normalized spacial score (nSPS) is 20.0. The zero-order valence-corrected chi connectivity index (χ0v) is 22.2. The van der Waals surface area contributed by atoms with Crippen LogP contribution in [0.3, 0.4) is 0 Å². The molecule has 0 bridgehead atoms. The molecule has 0 amide bonds. The molecule has 178 valence electrons. The molecule has 0 aliphatic carbocycles. The van der Waals surface area contributed by atoms with Crippen molar-refractivity contribution < 1.29 is 4.74 Å². The standard InChI is InChI=1S/C30H52O/c1-24(2)14-11-17-27(5)20-12-18-25(3)15-9-10-16-26(4)19-13-21-28(6)22-23-29-30(7,8)31-29/h15-16,20-21,24,29H,9-14,17-19,22-23H2,1-8H3/b25-15+,26-16+,27-20+,28-21+. The van der Waals surface area contributed by atoms with Gasteiger partial charge in [0.2, 0.25) is 0 Å². The lowest BCUT2D eigenvalue weighted by molar-refractivity contribution is 0.320. The van der Waals surface area contributed by atoms with Crippen molar-refractivity contribution in [3.63, 3.8) is 0 Å². The molecule has 1 saturated heterocycles. The van der Waals surface area contributed by atoms with Crippen molar-refractivity contribution in [3.05, 3.63) is 46.6 Å². The maximum Gasteiger partial charge on any atom is 0.0892 e. The number of allylic oxidation sites excluding steroid dienone is 8. The summed E-state index contributed by atoms with van der Waals surface area (Å²) < 4.78 is 5.68. The Labute approximate surface area is 195 Å². The van der Waals surface area contributed by atoms with Crippen LogP contribution >= 0.6 is 0 Å². The summed E-state index contributed by atoms with van der Waals surface area (Å²) in [6.07, 6.45) is 23.6. The van der Waals surface area contributed by atoms with Crippen molar-refractivity contribution in [2.24, 2.45) is 5.92 Å². The summed E-state index contributed by atoms with van der Waals surface area (Å²) in [5, 5.41) is 0. The van der Waals surface area contributed by atoms with Gasteiger partial charge in [0.25, 0.3) is 0 Å². The van der Waals surface area contributed by atoms with Crippen molar-refractivity contribution >= 4 is 0 Å². The summed E-state index contributed by atoms with van der Waals surface area (Å²) in [5.41, 5.74) is 6.29. The van der Waals surface area contributed by atoms with E-state index < -0.39 is 0 Å². The van der Waals surface area contributed by atoms with Crippen LogP contribution in [0.4, 0.5) is 0 Å². The van der Waals surface area contributed by atoms with Crippen LogP contribution in [0.25, 0.3) is 0 Å². The highest BCUT2D eigenvalue weighted by Crippen LogP contribution is 2.38. The molecule has 0 aromatic rings. The van der Waals surface area contributed by atoms with E-state index in [1.54, 1.807) is 11.1 Å². The number of rotatable bonds is 16. The van der Waals surface area contributed by atoms with Crippen molar-refractivity contribution in [2.45, 2.75) is 138 Å². The zero-order valence-electron chi connectivity index (χ0n) is 22.2. The minimum atomic E-state index is 0.134. The molecule has 0 radical (unpaired) electrons. The molecule has 1 unspecified atom stereocenters. The summed E-state index contributed by atoms with van der Waals surface area (Å²) in [6, 6.07) is 0. The third-order valence-corrected chi connectivity index (χ3v) is 6.53. The fourth-order valence-electron chi connectivity index (χ4n) is 4.05. The second-order valence-electron chi connectivity index (χ2n) is 10.9. The van der Waals surface area contributed by atoms with E-state index in [0.29, 0.717) is 6.10 Å². The molecule has 1 rings (SSSR count). The lowest BCUT2D eigenvalue weighted by atomic mass is 10.0. The maximum atomic E-state index is 5.68. The number of hydrogen-bond acceptors (Lipinski definition) is 1. The molecule has 1 nitrogen and oxygen atoms in total. The Morgan fingerprint density at radius 1 is 0.710 bits per heavy atom. The van der Waals surface area contributed by atoms with Crippen molar-refractivity contribution in [3.8, 4) is 0 Å². The van der Waals surface area contributed by atoms with Crippen molar-refractivity contribution in [2.75, 3.05) is 0 Å². The van der Waals surface area contributed by atoms with Crippen LogP contribution in [-0.2, 0) is 4.74 Å². The fraction of sp³-hybridized carbons (Fsp3) is 0.733. The Kier molecular flexibility index (Phi) is 13.4. The molecule has 31 heavy (non-hydrogen) atoms. The fourth-order valence-corrected chi connectivity index (χ4v) is 4.05. The quantitative estimate of drug-likeness (QED) is 0.135. The maximum absolute atomic E-state index is 5.68. The predicted molar refractivity (Wildman–Crippen MR) is 140 cm³/mol. The molecule has 1 heteroatoms. The summed E-state index contributed by atoms with van der Waals surface area (Å²) in [6.45, 7) is 18.2. The third kappa shape index (κ3) is 14.6. The van der Waals surface area contributed by atoms with Gasteiger partial charge in [0, 0.05) is 0 Å². The van der Waals surface area contributed by atoms with Gasteiger partial charge in [-0.2, -0.15) is 0 Å². The first kappa shape index (κ1) is 28.0. The molecule has 1 aliphatic heterocycles. The highest BCUT2D eigenvalue weighted by molar-refractivity contribution is 5.07. The summed E-state index contributed by atoms with van der Waals surface area (Å²) in [4.78, 5) is 0. The molecule has 1 atom stereocenters. The van der Waals surface area contributed by atoms with Crippen LogP contribution in [0.2, 0.25) is 0 Å². The molecular weight excluding hydrogens is 376 g/mol. The van der Waals surface area contributed by atoms with Gasteiger partial charge < -0.3 is 4.74 Å². The second-order valence-corrected chi connectivity index (χ2v) is 10.9. The predicted octanol–water partition coefficient (Wildman–Crippen LogP) is 9.90. The van der Waals surface area contributed by atoms with E-state index in [1.807, 2.05) is 0 Å². The first-order valence-electron chi connectivity index (χ1n) is 12.9. The third-order valence-electron chi connectivity index (χ3n) is 6.53. The van der Waals surface area contributed by atoms with Gasteiger partial charge >= 0.3 is 0 Å². The zero-order chi connectivity index (χ0) is 23.3. The minimum absolute atomic E-state index is 0.134. The SMILES string of the molecule is C/C(=C\CC/C=C(\C)CC/C=C(\C)CCC1OC1(C)C)CC/C=C(\C)CCCC(C)C. The smallest absolute Gasteiger partial charge is 0.0892 e. The van der Waals surface area contributed by atoms with Crippen LogP contribution in [0.15, 0.2) is 46.6 Å². The molecule has 0 saturated carbocycles. The minimum Gasteiger partial charge on any atom is -0.367 e. The van der Waals surface area contributed by atoms with Crippen LogP contribution in [0.5, 0.6) is 0 Å². The van der Waals surface area contributed by atoms with Crippen LogP contribution in [-0.4, -0.2) is 11.7 Å². The Morgan fingerprint density at radius 2 is 1.13 bits per heavy atom. The molecular formula is C30H52O. The van der Waals surface area contributed by atoms with Crippen molar-refractivity contribution in [1.29, 1.82) is 0 Å². The summed E-state index contributed by atoms with van der Waals surface area (Å²) >= 11 is 0. The first-order chi connectivity index (χ1) is 14.6. The summed E-state index contributed by atoms with van der Waals surface area (Å²) in [7, 11) is 0. The van der Waals surface area contributed by atoms with Gasteiger partial charge in [-0.05, 0) is 112 Å². The van der Waals surface area contributed by atoms with Gasteiger partial charge in [0.15, 0.2) is 0 Å². The number of hydrogen-bond donors (Lipinski definition) is 0. The Balaban J connectivity index is 2.14. The molecule has 1 fully saturated rings. The van der Waals surface area contributed by atoms with Gasteiger partial charge in [-0.3, -0.25) is 0 Å². The Bertz CT molecular complexity index is 627. The lowest BCUT2D eigenvalue weighted by Gasteiger charge is -2.05. The highest BCUT2D eigenvalue weighted by Gasteiger charge is 2.46. The van der Waals surface area contributed by atoms with Gasteiger partial charge in [0.05, 0.1) is 11.7 Å². The summed E-state index contributed by atoms with van der Waals surface area (Å²) in [5.74, 6) is 0.830. The number of unbranched alkanes of at least 4 members (excludes halogenated alkanes) is 1. The van der Waals surface area contributed by atoms with E-state index >= 15 is 0 Å². The average Bonchev–Trinajstić information content (AvgIpc) is 3.30.